The number of benzene rings is 2. The van der Waals surface area contributed by atoms with Crippen molar-refractivity contribution in [3.05, 3.63) is 48.0 Å². The van der Waals surface area contributed by atoms with Crippen LogP contribution in [0, 0.1) is 11.3 Å². The molecule has 0 spiro atoms. The van der Waals surface area contributed by atoms with E-state index in [1.165, 1.54) is 0 Å². The Morgan fingerprint density at radius 1 is 1.19 bits per heavy atom. The Kier molecular flexibility index (Phi) is 7.93. The molecule has 1 amide bonds. The molecule has 4 rings (SSSR count). The lowest BCUT2D eigenvalue weighted by molar-refractivity contribution is -0.196. The molecule has 1 heterocycles. The smallest absolute Gasteiger partial charge is 0.425 e. The molecule has 0 bridgehead atoms. The lowest BCUT2D eigenvalue weighted by atomic mass is 9.92. The summed E-state index contributed by atoms with van der Waals surface area (Å²) in [5.74, 6) is 0.687. The molecule has 1 saturated carbocycles. The van der Waals surface area contributed by atoms with Gasteiger partial charge in [0.05, 0.1) is 23.4 Å². The molecule has 0 radical (unpaired) electrons. The first-order valence-corrected chi connectivity index (χ1v) is 12.2. The number of amides is 1. The number of halogens is 3. The Labute approximate surface area is 212 Å². The summed E-state index contributed by atoms with van der Waals surface area (Å²) in [6.07, 6.45) is -5.00. The Hall–Kier alpha value is -3.71. The van der Waals surface area contributed by atoms with Crippen LogP contribution < -0.4 is 10.1 Å². The van der Waals surface area contributed by atoms with Crippen LogP contribution in [0.1, 0.15) is 44.7 Å². The van der Waals surface area contributed by atoms with Crippen molar-refractivity contribution in [2.24, 2.45) is 0 Å². The van der Waals surface area contributed by atoms with Gasteiger partial charge in [0.25, 0.3) is 0 Å². The molecule has 1 N–H and O–H groups in total. The van der Waals surface area contributed by atoms with E-state index in [-0.39, 0.29) is 11.7 Å². The molecule has 1 aromatic heterocycles. The van der Waals surface area contributed by atoms with Crippen molar-refractivity contribution in [3.63, 3.8) is 0 Å². The monoisotopic (exact) mass is 515 g/mol. The van der Waals surface area contributed by atoms with Crippen LogP contribution in [-0.4, -0.2) is 42.8 Å². The molecule has 1 aliphatic rings. The maximum Gasteiger partial charge on any atom is 0.425 e. The van der Waals surface area contributed by atoms with Crippen LogP contribution in [0.25, 0.3) is 22.2 Å². The minimum Gasteiger partial charge on any atom is -0.491 e. The van der Waals surface area contributed by atoms with Crippen molar-refractivity contribution < 1.29 is 32.2 Å². The summed E-state index contributed by atoms with van der Waals surface area (Å²) < 4.78 is 55.7. The van der Waals surface area contributed by atoms with Crippen LogP contribution in [0.3, 0.4) is 0 Å². The number of hydrogen-bond donors (Lipinski definition) is 1. The van der Waals surface area contributed by atoms with Gasteiger partial charge in [-0.25, -0.2) is 4.79 Å². The van der Waals surface area contributed by atoms with E-state index < -0.39 is 18.4 Å². The third-order valence-corrected chi connectivity index (χ3v) is 6.38. The highest BCUT2D eigenvalue weighted by Crippen LogP contribution is 2.43. The van der Waals surface area contributed by atoms with Gasteiger partial charge in [-0.3, -0.25) is 5.32 Å². The molecule has 37 heavy (non-hydrogen) atoms. The topological polar surface area (TPSA) is 85.5 Å². The summed E-state index contributed by atoms with van der Waals surface area (Å²) in [4.78, 5) is 11.9. The standard InChI is InChI=1S/C27H28F3N3O4/c1-3-35-13-14-36-21-11-12-22-23(16-31)25(33(24(22)15-21)20-5-4-6-20)18-7-9-19(10-8-18)32-26(34)37-17(2)27(28,29)30/h7-12,15,17,20H,3-6,13-14H2,1-2H3,(H,32,34). The van der Waals surface area contributed by atoms with Crippen LogP contribution in [0.2, 0.25) is 0 Å². The second-order valence-corrected chi connectivity index (χ2v) is 8.81. The predicted molar refractivity (Wildman–Crippen MR) is 133 cm³/mol. The summed E-state index contributed by atoms with van der Waals surface area (Å²) in [6, 6.07) is 14.8. The van der Waals surface area contributed by atoms with Crippen molar-refractivity contribution in [2.75, 3.05) is 25.1 Å². The van der Waals surface area contributed by atoms with E-state index in [9.17, 15) is 23.2 Å². The number of nitriles is 1. The lowest BCUT2D eigenvalue weighted by Gasteiger charge is -2.30. The van der Waals surface area contributed by atoms with Crippen LogP contribution in [0.4, 0.5) is 23.7 Å². The zero-order valence-electron chi connectivity index (χ0n) is 20.6. The average Bonchev–Trinajstić information content (AvgIpc) is 3.14. The summed E-state index contributed by atoms with van der Waals surface area (Å²) in [7, 11) is 0. The van der Waals surface area contributed by atoms with Crippen molar-refractivity contribution in [1.29, 1.82) is 5.26 Å². The number of nitrogens with one attached hydrogen (secondary N) is 1. The van der Waals surface area contributed by atoms with E-state index >= 15 is 0 Å². The first-order valence-electron chi connectivity index (χ1n) is 12.2. The van der Waals surface area contributed by atoms with Gasteiger partial charge in [0.1, 0.15) is 18.4 Å². The number of hydrogen-bond acceptors (Lipinski definition) is 5. The Bertz CT molecular complexity index is 1290. The minimum absolute atomic E-state index is 0.231. The number of nitrogens with zero attached hydrogens (tertiary/aromatic N) is 2. The van der Waals surface area contributed by atoms with E-state index in [4.69, 9.17) is 9.47 Å². The van der Waals surface area contributed by atoms with Crippen molar-refractivity contribution in [3.8, 4) is 23.1 Å². The second-order valence-electron chi connectivity index (χ2n) is 8.81. The molecular formula is C27H28F3N3O4. The van der Waals surface area contributed by atoms with Gasteiger partial charge >= 0.3 is 12.3 Å². The third kappa shape index (κ3) is 5.83. The van der Waals surface area contributed by atoms with E-state index in [1.807, 2.05) is 25.1 Å². The second kappa shape index (κ2) is 11.1. The summed E-state index contributed by atoms with van der Waals surface area (Å²) >= 11 is 0. The molecule has 2 aromatic carbocycles. The maximum atomic E-state index is 12.7. The van der Waals surface area contributed by atoms with Crippen molar-refractivity contribution >= 4 is 22.7 Å². The first-order chi connectivity index (χ1) is 17.7. The fourth-order valence-corrected chi connectivity index (χ4v) is 4.25. The van der Waals surface area contributed by atoms with E-state index in [2.05, 4.69) is 20.7 Å². The quantitative estimate of drug-likeness (QED) is 0.316. The van der Waals surface area contributed by atoms with Gasteiger partial charge in [-0.1, -0.05) is 12.1 Å². The van der Waals surface area contributed by atoms with E-state index in [0.29, 0.717) is 31.1 Å². The number of ether oxygens (including phenoxy) is 3. The van der Waals surface area contributed by atoms with Crippen molar-refractivity contribution in [2.45, 2.75) is 51.4 Å². The van der Waals surface area contributed by atoms with Crippen LogP contribution in [0.5, 0.6) is 5.75 Å². The molecule has 7 nitrogen and oxygen atoms in total. The average molecular weight is 516 g/mol. The number of carbonyl (C=O) groups is 1. The molecule has 196 valence electrons. The fraction of sp³-hybridized carbons (Fsp3) is 0.407. The predicted octanol–water partition coefficient (Wildman–Crippen LogP) is 6.82. The fourth-order valence-electron chi connectivity index (χ4n) is 4.25. The largest absolute Gasteiger partial charge is 0.491 e. The molecule has 1 unspecified atom stereocenters. The zero-order chi connectivity index (χ0) is 26.6. The van der Waals surface area contributed by atoms with Gasteiger partial charge in [0.2, 0.25) is 0 Å². The van der Waals surface area contributed by atoms with E-state index in [1.54, 1.807) is 24.3 Å². The SMILES string of the molecule is CCOCCOc1ccc2c(C#N)c(-c3ccc(NC(=O)OC(C)C(F)(F)F)cc3)n(C3CCC3)c2c1. The summed E-state index contributed by atoms with van der Waals surface area (Å²) in [5, 5.41) is 13.2. The minimum atomic E-state index is -4.64. The molecule has 0 saturated heterocycles. The Morgan fingerprint density at radius 2 is 1.92 bits per heavy atom. The van der Waals surface area contributed by atoms with Gasteiger partial charge in [-0.05, 0) is 62.9 Å². The Balaban J connectivity index is 1.63. The van der Waals surface area contributed by atoms with Gasteiger partial charge in [0, 0.05) is 29.8 Å². The number of rotatable bonds is 9. The normalized spacial score (nSPS) is 14.6. The highest BCUT2D eigenvalue weighted by molar-refractivity contribution is 5.96. The maximum absolute atomic E-state index is 12.7. The van der Waals surface area contributed by atoms with Gasteiger partial charge in [-0.2, -0.15) is 18.4 Å². The lowest BCUT2D eigenvalue weighted by Crippen LogP contribution is -2.32. The number of anilines is 1. The van der Waals surface area contributed by atoms with Crippen LogP contribution in [0.15, 0.2) is 42.5 Å². The molecule has 0 aliphatic heterocycles. The van der Waals surface area contributed by atoms with Crippen LogP contribution in [-0.2, 0) is 9.47 Å². The molecule has 1 aliphatic carbocycles. The highest BCUT2D eigenvalue weighted by atomic mass is 19.4. The van der Waals surface area contributed by atoms with Crippen molar-refractivity contribution in [1.82, 2.24) is 4.57 Å². The van der Waals surface area contributed by atoms with Gasteiger partial charge < -0.3 is 18.8 Å². The summed E-state index contributed by atoms with van der Waals surface area (Å²) in [6.45, 7) is 4.20. The molecule has 10 heteroatoms. The number of alkyl halides is 3. The number of carbonyl (C=O) groups excluding carboxylic acids is 1. The molecule has 1 atom stereocenters. The molecular weight excluding hydrogens is 487 g/mol. The number of aromatic nitrogens is 1. The number of fused-ring (bicyclic) bond motifs is 1. The third-order valence-electron chi connectivity index (χ3n) is 6.38. The molecule has 3 aromatic rings. The van der Waals surface area contributed by atoms with Gasteiger partial charge in [0.15, 0.2) is 6.10 Å². The van der Waals surface area contributed by atoms with Crippen LogP contribution >= 0.6 is 0 Å². The molecule has 1 fully saturated rings. The summed E-state index contributed by atoms with van der Waals surface area (Å²) in [5.41, 5.74) is 3.21. The zero-order valence-corrected chi connectivity index (χ0v) is 20.6. The van der Waals surface area contributed by atoms with E-state index in [0.717, 1.165) is 48.3 Å². The Morgan fingerprint density at radius 3 is 2.51 bits per heavy atom. The highest BCUT2D eigenvalue weighted by Gasteiger charge is 2.39. The van der Waals surface area contributed by atoms with Gasteiger partial charge in [-0.15, -0.1) is 0 Å². The first kappa shape index (κ1) is 26.4.